The molecule has 1 aliphatic rings. The van der Waals surface area contributed by atoms with Crippen molar-refractivity contribution < 1.29 is 24.0 Å². The summed E-state index contributed by atoms with van der Waals surface area (Å²) >= 11 is 0. The van der Waals surface area contributed by atoms with Crippen LogP contribution in [0, 0.1) is 5.92 Å². The number of hydrogen-bond acceptors (Lipinski definition) is 4. The van der Waals surface area contributed by atoms with E-state index in [1.165, 1.54) is 12.0 Å². The molecule has 6 heteroatoms. The van der Waals surface area contributed by atoms with E-state index in [2.05, 4.69) is 5.32 Å². The fourth-order valence-corrected chi connectivity index (χ4v) is 3.30. The van der Waals surface area contributed by atoms with Crippen molar-refractivity contribution >= 4 is 17.6 Å². The first-order chi connectivity index (χ1) is 13.2. The standard InChI is InChI=1S/C21H24N2O4/c1-26-21(25)16-11-13-23(14-12-16)15-20(24)22-18-9-5-6-10-19(18)27-17-7-3-2-4-8-17/h2-10,16H,11-15H2,1H3,(H,22,24)/p+1. The maximum absolute atomic E-state index is 12.5. The van der Waals surface area contributed by atoms with E-state index in [0.717, 1.165) is 31.7 Å². The summed E-state index contributed by atoms with van der Waals surface area (Å²) in [5.41, 5.74) is 0.648. The van der Waals surface area contributed by atoms with E-state index in [-0.39, 0.29) is 17.8 Å². The molecule has 1 heterocycles. The lowest BCUT2D eigenvalue weighted by Crippen LogP contribution is -3.14. The Labute approximate surface area is 159 Å². The van der Waals surface area contributed by atoms with Crippen LogP contribution in [0.15, 0.2) is 54.6 Å². The lowest BCUT2D eigenvalue weighted by Gasteiger charge is -2.27. The molecular weight excluding hydrogens is 344 g/mol. The van der Waals surface area contributed by atoms with Crippen molar-refractivity contribution in [3.8, 4) is 11.5 Å². The maximum atomic E-state index is 12.5. The average Bonchev–Trinajstić information content (AvgIpc) is 2.70. The van der Waals surface area contributed by atoms with Crippen molar-refractivity contribution in [1.29, 1.82) is 0 Å². The first-order valence-corrected chi connectivity index (χ1v) is 9.19. The van der Waals surface area contributed by atoms with E-state index >= 15 is 0 Å². The van der Waals surface area contributed by atoms with Gasteiger partial charge in [-0.25, -0.2) is 0 Å². The monoisotopic (exact) mass is 369 g/mol. The number of methoxy groups -OCH3 is 1. The highest BCUT2D eigenvalue weighted by Crippen LogP contribution is 2.28. The molecule has 2 aromatic carbocycles. The number of benzene rings is 2. The van der Waals surface area contributed by atoms with Gasteiger partial charge in [-0.2, -0.15) is 0 Å². The van der Waals surface area contributed by atoms with Crippen molar-refractivity contribution in [2.45, 2.75) is 12.8 Å². The van der Waals surface area contributed by atoms with Gasteiger partial charge in [0.05, 0.1) is 31.8 Å². The number of hydrogen-bond donors (Lipinski definition) is 2. The van der Waals surface area contributed by atoms with Crippen molar-refractivity contribution in [2.75, 3.05) is 32.1 Å². The Balaban J connectivity index is 1.55. The molecule has 2 N–H and O–H groups in total. The molecule has 6 nitrogen and oxygen atoms in total. The van der Waals surface area contributed by atoms with Gasteiger partial charge >= 0.3 is 5.97 Å². The smallest absolute Gasteiger partial charge is 0.309 e. The van der Waals surface area contributed by atoms with E-state index in [1.54, 1.807) is 0 Å². The van der Waals surface area contributed by atoms with Gasteiger partial charge in [0, 0.05) is 12.8 Å². The molecular formula is C21H25N2O4+. The normalized spacial score (nSPS) is 19.1. The van der Waals surface area contributed by atoms with Gasteiger partial charge in [-0.15, -0.1) is 0 Å². The van der Waals surface area contributed by atoms with Crippen LogP contribution in [0.2, 0.25) is 0 Å². The quantitative estimate of drug-likeness (QED) is 0.763. The summed E-state index contributed by atoms with van der Waals surface area (Å²) in [5, 5.41) is 2.95. The molecule has 1 aliphatic heterocycles. The number of rotatable bonds is 6. The molecule has 0 unspecified atom stereocenters. The van der Waals surface area contributed by atoms with E-state index < -0.39 is 0 Å². The summed E-state index contributed by atoms with van der Waals surface area (Å²) in [4.78, 5) is 25.3. The highest BCUT2D eigenvalue weighted by atomic mass is 16.5. The van der Waals surface area contributed by atoms with E-state index in [9.17, 15) is 9.59 Å². The molecule has 0 aliphatic carbocycles. The van der Waals surface area contributed by atoms with Crippen LogP contribution in [0.3, 0.4) is 0 Å². The number of ether oxygens (including phenoxy) is 2. The molecule has 27 heavy (non-hydrogen) atoms. The summed E-state index contributed by atoms with van der Waals surface area (Å²) in [6, 6.07) is 16.9. The zero-order valence-corrected chi connectivity index (χ0v) is 15.4. The van der Waals surface area contributed by atoms with Gasteiger partial charge in [0.15, 0.2) is 12.3 Å². The molecule has 2 aromatic rings. The third kappa shape index (κ3) is 5.31. The summed E-state index contributed by atoms with van der Waals surface area (Å²) in [5.74, 6) is 1.07. The van der Waals surface area contributed by atoms with Gasteiger partial charge in [0.1, 0.15) is 5.75 Å². The molecule has 1 saturated heterocycles. The highest BCUT2D eigenvalue weighted by molar-refractivity contribution is 5.93. The molecule has 0 saturated carbocycles. The molecule has 3 rings (SSSR count). The number of piperidine rings is 1. The van der Waals surface area contributed by atoms with Crippen LogP contribution in [0.1, 0.15) is 12.8 Å². The van der Waals surface area contributed by atoms with Crippen LogP contribution < -0.4 is 15.0 Å². The van der Waals surface area contributed by atoms with Crippen LogP contribution in [-0.4, -0.2) is 38.6 Å². The molecule has 1 amide bonds. The van der Waals surface area contributed by atoms with Gasteiger partial charge in [-0.05, 0) is 24.3 Å². The van der Waals surface area contributed by atoms with E-state index in [0.29, 0.717) is 18.0 Å². The lowest BCUT2D eigenvalue weighted by molar-refractivity contribution is -0.897. The lowest BCUT2D eigenvalue weighted by atomic mass is 9.97. The Morgan fingerprint density at radius 3 is 2.41 bits per heavy atom. The number of anilines is 1. The van der Waals surface area contributed by atoms with Crippen molar-refractivity contribution in [3.63, 3.8) is 0 Å². The van der Waals surface area contributed by atoms with E-state index in [4.69, 9.17) is 9.47 Å². The number of quaternary nitrogens is 1. The van der Waals surface area contributed by atoms with Crippen LogP contribution >= 0.6 is 0 Å². The van der Waals surface area contributed by atoms with Gasteiger partial charge in [-0.1, -0.05) is 30.3 Å². The number of esters is 1. The van der Waals surface area contributed by atoms with Crippen molar-refractivity contribution in [3.05, 3.63) is 54.6 Å². The third-order valence-electron chi connectivity index (χ3n) is 4.77. The fourth-order valence-electron chi connectivity index (χ4n) is 3.30. The first kappa shape index (κ1) is 18.9. The maximum Gasteiger partial charge on any atom is 0.309 e. The minimum Gasteiger partial charge on any atom is -0.469 e. The number of amides is 1. The summed E-state index contributed by atoms with van der Waals surface area (Å²) in [6.07, 6.45) is 1.51. The molecule has 142 valence electrons. The van der Waals surface area contributed by atoms with Crippen LogP contribution in [0.25, 0.3) is 0 Å². The molecule has 0 radical (unpaired) electrons. The second-order valence-electron chi connectivity index (χ2n) is 6.68. The Morgan fingerprint density at radius 1 is 1.04 bits per heavy atom. The first-order valence-electron chi connectivity index (χ1n) is 9.19. The Kier molecular flexibility index (Phi) is 6.44. The number of nitrogens with one attached hydrogen (secondary N) is 2. The fraction of sp³-hybridized carbons (Fsp3) is 0.333. The van der Waals surface area contributed by atoms with E-state index in [1.807, 2.05) is 54.6 Å². The number of para-hydroxylation sites is 3. The zero-order chi connectivity index (χ0) is 19.1. The molecule has 0 atom stereocenters. The predicted octanol–water partition coefficient (Wildman–Crippen LogP) is 1.89. The summed E-state index contributed by atoms with van der Waals surface area (Å²) in [6.45, 7) is 1.94. The van der Waals surface area contributed by atoms with Crippen molar-refractivity contribution in [2.24, 2.45) is 5.92 Å². The Bertz CT molecular complexity index is 771. The highest BCUT2D eigenvalue weighted by Gasteiger charge is 2.29. The second kappa shape index (κ2) is 9.19. The average molecular weight is 369 g/mol. The second-order valence-corrected chi connectivity index (χ2v) is 6.68. The number of carbonyl (C=O) groups is 2. The minimum atomic E-state index is -0.148. The third-order valence-corrected chi connectivity index (χ3v) is 4.77. The predicted molar refractivity (Wildman–Crippen MR) is 102 cm³/mol. The SMILES string of the molecule is COC(=O)C1CC[NH+](CC(=O)Nc2ccccc2Oc2ccccc2)CC1. The Morgan fingerprint density at radius 2 is 1.70 bits per heavy atom. The summed E-state index contributed by atoms with van der Waals surface area (Å²) < 4.78 is 10.7. The summed E-state index contributed by atoms with van der Waals surface area (Å²) in [7, 11) is 1.42. The minimum absolute atomic E-state index is 0.0400. The zero-order valence-electron chi connectivity index (χ0n) is 15.4. The van der Waals surface area contributed by atoms with Crippen LogP contribution in [0.4, 0.5) is 5.69 Å². The van der Waals surface area contributed by atoms with Crippen molar-refractivity contribution in [1.82, 2.24) is 0 Å². The molecule has 1 fully saturated rings. The van der Waals surface area contributed by atoms with Gasteiger partial charge in [0.2, 0.25) is 0 Å². The number of carbonyl (C=O) groups excluding carboxylic acids is 2. The van der Waals surface area contributed by atoms with Gasteiger partial charge < -0.3 is 19.7 Å². The van der Waals surface area contributed by atoms with Crippen LogP contribution in [-0.2, 0) is 14.3 Å². The Hall–Kier alpha value is -2.86. The molecule has 0 bridgehead atoms. The van der Waals surface area contributed by atoms with Gasteiger partial charge in [0.25, 0.3) is 5.91 Å². The molecule has 0 aromatic heterocycles. The number of likely N-dealkylation sites (tertiary alicyclic amines) is 1. The largest absolute Gasteiger partial charge is 0.469 e. The topological polar surface area (TPSA) is 69.1 Å². The van der Waals surface area contributed by atoms with Crippen LogP contribution in [0.5, 0.6) is 11.5 Å². The molecule has 0 spiro atoms. The van der Waals surface area contributed by atoms with Gasteiger partial charge in [-0.3, -0.25) is 9.59 Å².